The van der Waals surface area contributed by atoms with Crippen LogP contribution < -0.4 is 4.72 Å². The summed E-state index contributed by atoms with van der Waals surface area (Å²) in [6.45, 7) is 2.51. The van der Waals surface area contributed by atoms with Crippen molar-refractivity contribution < 1.29 is 13.5 Å². The van der Waals surface area contributed by atoms with E-state index in [1.807, 2.05) is 6.92 Å². The smallest absolute Gasteiger partial charge is 0.240 e. The largest absolute Gasteiger partial charge is 0.396 e. The first-order valence-electron chi connectivity index (χ1n) is 5.81. The molecule has 102 valence electrons. The van der Waals surface area contributed by atoms with Crippen molar-refractivity contribution in [3.8, 4) is 0 Å². The number of hydrogen-bond acceptors (Lipinski definition) is 4. The fourth-order valence-electron chi connectivity index (χ4n) is 1.32. The lowest BCUT2D eigenvalue weighted by Gasteiger charge is -2.06. The Hall–Kier alpha value is -0.560. The summed E-state index contributed by atoms with van der Waals surface area (Å²) in [4.78, 5) is 0.299. The van der Waals surface area contributed by atoms with E-state index in [9.17, 15) is 8.42 Å². The number of aryl methyl sites for hydroxylation is 1. The molecule has 0 aliphatic carbocycles. The molecule has 4 nitrogen and oxygen atoms in total. The van der Waals surface area contributed by atoms with Gasteiger partial charge in [0.2, 0.25) is 10.0 Å². The third-order valence-corrected chi connectivity index (χ3v) is 4.86. The molecule has 0 fully saturated rings. The van der Waals surface area contributed by atoms with Crippen LogP contribution >= 0.6 is 11.8 Å². The van der Waals surface area contributed by atoms with Crippen LogP contribution in [-0.2, 0) is 10.0 Å². The number of nitrogens with one attached hydrogen (secondary N) is 1. The fraction of sp³-hybridized carbons (Fsp3) is 0.500. The highest BCUT2D eigenvalue weighted by atomic mass is 32.2. The second kappa shape index (κ2) is 7.78. The highest BCUT2D eigenvalue weighted by Crippen LogP contribution is 2.10. The van der Waals surface area contributed by atoms with Crippen molar-refractivity contribution in [2.75, 3.05) is 24.7 Å². The maximum absolute atomic E-state index is 11.9. The van der Waals surface area contributed by atoms with Gasteiger partial charge in [0.1, 0.15) is 0 Å². The van der Waals surface area contributed by atoms with Gasteiger partial charge >= 0.3 is 0 Å². The molecule has 0 saturated heterocycles. The summed E-state index contributed by atoms with van der Waals surface area (Å²) in [6.07, 6.45) is 0.745. The second-order valence-corrected chi connectivity index (χ2v) is 6.89. The molecule has 0 spiro atoms. The summed E-state index contributed by atoms with van der Waals surface area (Å²) >= 11 is 1.63. The van der Waals surface area contributed by atoms with Crippen LogP contribution in [0.15, 0.2) is 29.2 Å². The summed E-state index contributed by atoms with van der Waals surface area (Å²) in [5.74, 6) is 1.56. The summed E-state index contributed by atoms with van der Waals surface area (Å²) in [7, 11) is -3.38. The molecule has 0 aliphatic rings. The molecule has 6 heteroatoms. The van der Waals surface area contributed by atoms with Gasteiger partial charge in [0.05, 0.1) is 4.90 Å². The van der Waals surface area contributed by atoms with Crippen LogP contribution in [0.5, 0.6) is 0 Å². The monoisotopic (exact) mass is 289 g/mol. The van der Waals surface area contributed by atoms with Gasteiger partial charge in [-0.1, -0.05) is 17.7 Å². The zero-order chi connectivity index (χ0) is 13.4. The topological polar surface area (TPSA) is 66.4 Å². The van der Waals surface area contributed by atoms with Crippen LogP contribution in [0, 0.1) is 6.92 Å². The molecule has 0 unspecified atom stereocenters. The predicted octanol–water partition coefficient (Wildman–Crippen LogP) is 1.39. The van der Waals surface area contributed by atoms with Crippen molar-refractivity contribution in [1.82, 2.24) is 4.72 Å². The minimum absolute atomic E-state index is 0.183. The number of rotatable bonds is 8. The van der Waals surface area contributed by atoms with Gasteiger partial charge in [0.15, 0.2) is 0 Å². The molecule has 0 atom stereocenters. The molecule has 2 N–H and O–H groups in total. The number of thioether (sulfide) groups is 1. The minimum Gasteiger partial charge on any atom is -0.396 e. The number of aliphatic hydroxyl groups is 1. The van der Waals surface area contributed by atoms with Gasteiger partial charge in [0, 0.05) is 18.9 Å². The van der Waals surface area contributed by atoms with Crippen LogP contribution in [-0.4, -0.2) is 38.2 Å². The quantitative estimate of drug-likeness (QED) is 0.710. The van der Waals surface area contributed by atoms with Gasteiger partial charge in [-0.05, 0) is 31.2 Å². The Balaban J connectivity index is 2.38. The van der Waals surface area contributed by atoms with Gasteiger partial charge in [-0.25, -0.2) is 13.1 Å². The van der Waals surface area contributed by atoms with Crippen molar-refractivity contribution in [3.63, 3.8) is 0 Å². The number of sulfonamides is 1. The maximum atomic E-state index is 11.9. The van der Waals surface area contributed by atoms with E-state index in [0.29, 0.717) is 17.2 Å². The van der Waals surface area contributed by atoms with Crippen LogP contribution in [0.2, 0.25) is 0 Å². The summed E-state index contributed by atoms with van der Waals surface area (Å²) in [5, 5.41) is 8.60. The molecule has 1 rings (SSSR count). The predicted molar refractivity (Wildman–Crippen MR) is 75.4 cm³/mol. The molecule has 1 aromatic rings. The number of aliphatic hydroxyl groups excluding tert-OH is 1. The SMILES string of the molecule is Cc1ccc(S(=O)(=O)NCCSCCCO)cc1. The molecule has 0 aromatic heterocycles. The van der Waals surface area contributed by atoms with Crippen LogP contribution in [0.4, 0.5) is 0 Å². The molecule has 18 heavy (non-hydrogen) atoms. The van der Waals surface area contributed by atoms with Crippen LogP contribution in [0.1, 0.15) is 12.0 Å². The Morgan fingerprint density at radius 2 is 1.89 bits per heavy atom. The van der Waals surface area contributed by atoms with E-state index in [1.54, 1.807) is 36.0 Å². The zero-order valence-corrected chi connectivity index (χ0v) is 12.1. The van der Waals surface area contributed by atoms with E-state index in [0.717, 1.165) is 17.7 Å². The molecular formula is C12H19NO3S2. The Morgan fingerprint density at radius 1 is 1.22 bits per heavy atom. The summed E-state index contributed by atoms with van der Waals surface area (Å²) in [6, 6.07) is 6.78. The fourth-order valence-corrected chi connectivity index (χ4v) is 3.26. The maximum Gasteiger partial charge on any atom is 0.240 e. The molecular weight excluding hydrogens is 270 g/mol. The Kier molecular flexibility index (Phi) is 6.70. The Morgan fingerprint density at radius 3 is 2.50 bits per heavy atom. The average molecular weight is 289 g/mol. The standard InChI is InChI=1S/C12H19NO3S2/c1-11-3-5-12(6-4-11)18(15,16)13-7-10-17-9-2-8-14/h3-6,13-14H,2,7-10H2,1H3. The normalized spacial score (nSPS) is 11.7. The van der Waals surface area contributed by atoms with E-state index >= 15 is 0 Å². The van der Waals surface area contributed by atoms with Crippen molar-refractivity contribution >= 4 is 21.8 Å². The third kappa shape index (κ3) is 5.39. The highest BCUT2D eigenvalue weighted by molar-refractivity contribution is 7.99. The van der Waals surface area contributed by atoms with Crippen LogP contribution in [0.3, 0.4) is 0 Å². The van der Waals surface area contributed by atoms with Crippen LogP contribution in [0.25, 0.3) is 0 Å². The third-order valence-electron chi connectivity index (χ3n) is 2.32. The first-order valence-corrected chi connectivity index (χ1v) is 8.45. The Labute approximate surface area is 113 Å². The van der Waals surface area contributed by atoms with Gasteiger partial charge < -0.3 is 5.11 Å². The molecule has 0 aliphatic heterocycles. The lowest BCUT2D eigenvalue weighted by atomic mass is 10.2. The first-order chi connectivity index (χ1) is 8.56. The summed E-state index contributed by atoms with van der Waals surface area (Å²) in [5.41, 5.74) is 1.04. The first kappa shape index (κ1) is 15.5. The average Bonchev–Trinajstić information content (AvgIpc) is 2.34. The molecule has 0 radical (unpaired) electrons. The lowest BCUT2D eigenvalue weighted by Crippen LogP contribution is -2.26. The Bertz CT molecular complexity index is 443. The minimum atomic E-state index is -3.38. The highest BCUT2D eigenvalue weighted by Gasteiger charge is 2.12. The second-order valence-electron chi connectivity index (χ2n) is 3.90. The van der Waals surface area contributed by atoms with Gasteiger partial charge in [-0.15, -0.1) is 0 Å². The van der Waals surface area contributed by atoms with Gasteiger partial charge in [-0.3, -0.25) is 0 Å². The van der Waals surface area contributed by atoms with Crippen molar-refractivity contribution in [1.29, 1.82) is 0 Å². The molecule has 0 heterocycles. The number of benzene rings is 1. The number of hydrogen-bond donors (Lipinski definition) is 2. The van der Waals surface area contributed by atoms with Crippen molar-refractivity contribution in [2.45, 2.75) is 18.2 Å². The zero-order valence-electron chi connectivity index (χ0n) is 10.4. The van der Waals surface area contributed by atoms with Gasteiger partial charge in [-0.2, -0.15) is 11.8 Å². The lowest BCUT2D eigenvalue weighted by molar-refractivity contribution is 0.296. The van der Waals surface area contributed by atoms with Gasteiger partial charge in [0.25, 0.3) is 0 Å². The van der Waals surface area contributed by atoms with E-state index in [1.165, 1.54) is 0 Å². The summed E-state index contributed by atoms with van der Waals surface area (Å²) < 4.78 is 26.3. The van der Waals surface area contributed by atoms with Crippen molar-refractivity contribution in [3.05, 3.63) is 29.8 Å². The van der Waals surface area contributed by atoms with Crippen molar-refractivity contribution in [2.24, 2.45) is 0 Å². The molecule has 1 aromatic carbocycles. The molecule has 0 amide bonds. The van der Waals surface area contributed by atoms with E-state index in [4.69, 9.17) is 5.11 Å². The van der Waals surface area contributed by atoms with E-state index in [2.05, 4.69) is 4.72 Å². The van der Waals surface area contributed by atoms with E-state index in [-0.39, 0.29) is 6.61 Å². The molecule has 0 bridgehead atoms. The van der Waals surface area contributed by atoms with E-state index < -0.39 is 10.0 Å². The molecule has 0 saturated carbocycles.